The molecule has 1 aromatic rings. The first-order valence-electron chi connectivity index (χ1n) is 7.56. The Bertz CT molecular complexity index is 641. The van der Waals surface area contributed by atoms with Gasteiger partial charge in [-0.25, -0.2) is 9.78 Å². The minimum absolute atomic E-state index is 0.304. The summed E-state index contributed by atoms with van der Waals surface area (Å²) in [7, 11) is 0. The van der Waals surface area contributed by atoms with Gasteiger partial charge in [-0.05, 0) is 25.0 Å². The number of halogens is 1. The molecule has 0 aromatic carbocycles. The summed E-state index contributed by atoms with van der Waals surface area (Å²) in [6.45, 7) is -0.323. The Balaban J connectivity index is 1.65. The summed E-state index contributed by atoms with van der Waals surface area (Å²) in [5.74, 6) is -0.462. The van der Waals surface area contributed by atoms with Crippen molar-refractivity contribution in [3.63, 3.8) is 0 Å². The number of rotatable bonds is 3. The fourth-order valence-corrected chi connectivity index (χ4v) is 3.20. The van der Waals surface area contributed by atoms with E-state index in [1.165, 1.54) is 6.20 Å². The number of hydrogen-bond acceptors (Lipinski definition) is 4. The van der Waals surface area contributed by atoms with Crippen molar-refractivity contribution < 1.29 is 14.4 Å². The normalized spacial score (nSPS) is 19.8. The predicted octanol–water partition coefficient (Wildman–Crippen LogP) is 1.93. The zero-order valence-corrected chi connectivity index (χ0v) is 13.2. The van der Waals surface area contributed by atoms with E-state index in [9.17, 15) is 14.4 Å². The topological polar surface area (TPSA) is 91.4 Å². The standard InChI is InChI=1S/C15H17ClN4O3/c16-10-4-5-11(17-8-10)18-12(21)9-20-13(22)15(19-14(20)23)6-2-1-3-7-15/h4-5,8H,1-3,6-7,9H2,(H,19,23)(H,17,18,21). The van der Waals surface area contributed by atoms with E-state index >= 15 is 0 Å². The van der Waals surface area contributed by atoms with E-state index in [2.05, 4.69) is 15.6 Å². The number of carbonyl (C=O) groups is 3. The van der Waals surface area contributed by atoms with Crippen LogP contribution >= 0.6 is 11.6 Å². The van der Waals surface area contributed by atoms with Crippen LogP contribution in [0.5, 0.6) is 0 Å². The van der Waals surface area contributed by atoms with Crippen molar-refractivity contribution in [1.29, 1.82) is 0 Å². The van der Waals surface area contributed by atoms with Crippen LogP contribution in [0.15, 0.2) is 18.3 Å². The number of nitrogens with one attached hydrogen (secondary N) is 2. The zero-order valence-electron chi connectivity index (χ0n) is 12.5. The van der Waals surface area contributed by atoms with Gasteiger partial charge >= 0.3 is 6.03 Å². The molecule has 0 atom stereocenters. The van der Waals surface area contributed by atoms with Gasteiger partial charge in [-0.1, -0.05) is 30.9 Å². The molecule has 2 aliphatic rings. The van der Waals surface area contributed by atoms with Crippen LogP contribution in [-0.4, -0.2) is 39.8 Å². The van der Waals surface area contributed by atoms with Gasteiger partial charge in [0.2, 0.25) is 5.91 Å². The maximum Gasteiger partial charge on any atom is 0.325 e. The number of anilines is 1. The molecule has 8 heteroatoms. The molecule has 2 N–H and O–H groups in total. The third-order valence-corrected chi connectivity index (χ3v) is 4.47. The number of aromatic nitrogens is 1. The fraction of sp³-hybridized carbons (Fsp3) is 0.467. The molecule has 0 bridgehead atoms. The van der Waals surface area contributed by atoms with Crippen molar-refractivity contribution in [1.82, 2.24) is 15.2 Å². The van der Waals surface area contributed by atoms with Crippen molar-refractivity contribution in [2.45, 2.75) is 37.6 Å². The Morgan fingerprint density at radius 2 is 2.04 bits per heavy atom. The van der Waals surface area contributed by atoms with Crippen LogP contribution in [0.1, 0.15) is 32.1 Å². The molecule has 7 nitrogen and oxygen atoms in total. The zero-order chi connectivity index (χ0) is 16.4. The fourth-order valence-electron chi connectivity index (χ4n) is 3.09. The number of hydrogen-bond donors (Lipinski definition) is 2. The lowest BCUT2D eigenvalue weighted by atomic mass is 9.82. The molecule has 1 saturated carbocycles. The summed E-state index contributed by atoms with van der Waals surface area (Å²) in [5, 5.41) is 5.77. The van der Waals surface area contributed by atoms with Gasteiger partial charge in [0.15, 0.2) is 0 Å². The molecule has 0 radical (unpaired) electrons. The highest BCUT2D eigenvalue weighted by molar-refractivity contribution is 6.30. The Kier molecular flexibility index (Phi) is 4.21. The smallest absolute Gasteiger partial charge is 0.323 e. The van der Waals surface area contributed by atoms with Crippen molar-refractivity contribution in [2.75, 3.05) is 11.9 Å². The molecule has 0 unspecified atom stereocenters. The maximum absolute atomic E-state index is 12.6. The van der Waals surface area contributed by atoms with Crippen LogP contribution in [0.3, 0.4) is 0 Å². The van der Waals surface area contributed by atoms with Crippen LogP contribution in [0, 0.1) is 0 Å². The quantitative estimate of drug-likeness (QED) is 0.825. The van der Waals surface area contributed by atoms with Crippen LogP contribution in [0.2, 0.25) is 5.02 Å². The van der Waals surface area contributed by atoms with Gasteiger partial charge < -0.3 is 10.6 Å². The van der Waals surface area contributed by atoms with Gasteiger partial charge in [-0.2, -0.15) is 0 Å². The highest BCUT2D eigenvalue weighted by Crippen LogP contribution is 2.33. The lowest BCUT2D eigenvalue weighted by Crippen LogP contribution is -2.48. The lowest BCUT2D eigenvalue weighted by Gasteiger charge is -2.30. The van der Waals surface area contributed by atoms with E-state index < -0.39 is 17.5 Å². The summed E-state index contributed by atoms with van der Waals surface area (Å²) in [4.78, 5) is 41.6. The molecule has 1 aliphatic heterocycles. The minimum atomic E-state index is -0.811. The SMILES string of the molecule is O=C(CN1C(=O)NC2(CCCCC2)C1=O)Nc1ccc(Cl)cn1. The summed E-state index contributed by atoms with van der Waals surface area (Å²) in [5.41, 5.74) is -0.811. The molecule has 1 spiro atoms. The molecule has 1 aliphatic carbocycles. The highest BCUT2D eigenvalue weighted by atomic mass is 35.5. The predicted molar refractivity (Wildman–Crippen MR) is 83.9 cm³/mol. The Morgan fingerprint density at radius 1 is 1.30 bits per heavy atom. The third-order valence-electron chi connectivity index (χ3n) is 4.25. The van der Waals surface area contributed by atoms with Crippen LogP contribution in [-0.2, 0) is 9.59 Å². The summed E-state index contributed by atoms with van der Waals surface area (Å²) < 4.78 is 0. The number of pyridine rings is 1. The first-order valence-corrected chi connectivity index (χ1v) is 7.93. The molecule has 1 saturated heterocycles. The van der Waals surface area contributed by atoms with Crippen molar-refractivity contribution in [3.8, 4) is 0 Å². The van der Waals surface area contributed by atoms with E-state index in [4.69, 9.17) is 11.6 Å². The molecule has 3 rings (SSSR count). The molecular formula is C15H17ClN4O3. The van der Waals surface area contributed by atoms with Crippen molar-refractivity contribution in [3.05, 3.63) is 23.4 Å². The summed E-state index contributed by atoms with van der Waals surface area (Å²) >= 11 is 5.73. The maximum atomic E-state index is 12.6. The van der Waals surface area contributed by atoms with Gasteiger partial charge in [-0.3, -0.25) is 14.5 Å². The van der Waals surface area contributed by atoms with Gasteiger partial charge in [0.25, 0.3) is 5.91 Å². The third kappa shape index (κ3) is 3.14. The molecule has 122 valence electrons. The number of nitrogens with zero attached hydrogens (tertiary/aromatic N) is 2. The highest BCUT2D eigenvalue weighted by Gasteiger charge is 2.51. The Hall–Kier alpha value is -2.15. The van der Waals surface area contributed by atoms with Crippen LogP contribution < -0.4 is 10.6 Å². The largest absolute Gasteiger partial charge is 0.325 e. The van der Waals surface area contributed by atoms with E-state index in [0.717, 1.165) is 24.2 Å². The van der Waals surface area contributed by atoms with E-state index in [-0.39, 0.29) is 12.5 Å². The Morgan fingerprint density at radius 3 is 2.70 bits per heavy atom. The van der Waals surface area contributed by atoms with Gasteiger partial charge in [0.1, 0.15) is 17.9 Å². The number of carbonyl (C=O) groups excluding carboxylic acids is 3. The summed E-state index contributed by atoms with van der Waals surface area (Å²) in [6, 6.07) is 2.64. The molecular weight excluding hydrogens is 320 g/mol. The second-order valence-electron chi connectivity index (χ2n) is 5.87. The van der Waals surface area contributed by atoms with E-state index in [0.29, 0.717) is 23.7 Å². The minimum Gasteiger partial charge on any atom is -0.323 e. The first kappa shape index (κ1) is 15.7. The number of amides is 4. The Labute approximate surface area is 138 Å². The monoisotopic (exact) mass is 336 g/mol. The number of imide groups is 1. The lowest BCUT2D eigenvalue weighted by molar-refractivity contribution is -0.134. The van der Waals surface area contributed by atoms with Crippen molar-refractivity contribution in [2.24, 2.45) is 0 Å². The van der Waals surface area contributed by atoms with E-state index in [1.807, 2.05) is 0 Å². The molecule has 2 fully saturated rings. The van der Waals surface area contributed by atoms with Crippen LogP contribution in [0.25, 0.3) is 0 Å². The molecule has 2 heterocycles. The second kappa shape index (κ2) is 6.16. The first-order chi connectivity index (χ1) is 11.0. The summed E-state index contributed by atoms with van der Waals surface area (Å²) in [6.07, 6.45) is 5.54. The number of urea groups is 1. The molecule has 1 aromatic heterocycles. The van der Waals surface area contributed by atoms with Gasteiger partial charge in [-0.15, -0.1) is 0 Å². The molecule has 23 heavy (non-hydrogen) atoms. The van der Waals surface area contributed by atoms with Crippen LogP contribution in [0.4, 0.5) is 10.6 Å². The second-order valence-corrected chi connectivity index (χ2v) is 6.31. The van der Waals surface area contributed by atoms with Crippen molar-refractivity contribution >= 4 is 35.3 Å². The van der Waals surface area contributed by atoms with Gasteiger partial charge in [0.05, 0.1) is 5.02 Å². The average Bonchev–Trinajstić information content (AvgIpc) is 2.75. The van der Waals surface area contributed by atoms with E-state index in [1.54, 1.807) is 12.1 Å². The molecule has 4 amide bonds. The average molecular weight is 337 g/mol. The van der Waals surface area contributed by atoms with Gasteiger partial charge in [0, 0.05) is 6.20 Å².